The third-order valence-corrected chi connectivity index (χ3v) is 7.68. The topological polar surface area (TPSA) is 111 Å². The molecule has 10 heteroatoms. The maximum atomic E-state index is 13.1. The minimum atomic E-state index is -1.02. The average Bonchev–Trinajstić information content (AvgIpc) is 3.24. The largest absolute Gasteiger partial charge is 0.340 e. The van der Waals surface area contributed by atoms with Crippen LogP contribution in [-0.4, -0.2) is 69.0 Å². The van der Waals surface area contributed by atoms with Crippen LogP contribution in [0.15, 0.2) is 30.3 Å². The summed E-state index contributed by atoms with van der Waals surface area (Å²) in [5.74, 6) is -0.596. The van der Waals surface area contributed by atoms with Crippen molar-refractivity contribution in [2.45, 2.75) is 49.0 Å². The van der Waals surface area contributed by atoms with Crippen molar-refractivity contribution in [3.8, 4) is 0 Å². The quantitative estimate of drug-likeness (QED) is 0.617. The van der Waals surface area contributed by atoms with Crippen LogP contribution in [0.25, 0.3) is 0 Å². The zero-order chi connectivity index (χ0) is 21.6. The zero-order valence-corrected chi connectivity index (χ0v) is 17.9. The fourth-order valence-corrected chi connectivity index (χ4v) is 5.60. The predicted octanol–water partition coefficient (Wildman–Crippen LogP) is 1.03. The van der Waals surface area contributed by atoms with Gasteiger partial charge in [0.1, 0.15) is 17.5 Å². The molecule has 0 unspecified atom stereocenters. The van der Waals surface area contributed by atoms with Gasteiger partial charge >= 0.3 is 12.1 Å². The molecule has 1 aromatic rings. The second-order valence-electron chi connectivity index (χ2n) is 8.20. The van der Waals surface area contributed by atoms with Crippen molar-refractivity contribution in [1.82, 2.24) is 25.8 Å². The molecule has 0 aromatic heterocycles. The van der Waals surface area contributed by atoms with E-state index in [2.05, 4.69) is 29.8 Å². The molecule has 6 amide bonds. The molecule has 3 aliphatic rings. The summed E-state index contributed by atoms with van der Waals surface area (Å²) in [5.41, 5.74) is 0.569. The lowest BCUT2D eigenvalue weighted by molar-refractivity contribution is -0.151. The fourth-order valence-electron chi connectivity index (χ4n) is 3.95. The highest BCUT2D eigenvalue weighted by Crippen LogP contribution is 2.50. The summed E-state index contributed by atoms with van der Waals surface area (Å²) in [6, 6.07) is 6.04. The summed E-state index contributed by atoms with van der Waals surface area (Å²) in [4.78, 5) is 53.0. The van der Waals surface area contributed by atoms with Gasteiger partial charge < -0.3 is 20.9 Å². The fraction of sp³-hybridized carbons (Fsp3) is 0.500. The number of rotatable bonds is 4. The molecular formula is C20H25N5O4S. The van der Waals surface area contributed by atoms with E-state index in [1.807, 2.05) is 6.92 Å². The molecule has 0 saturated carbocycles. The third kappa shape index (κ3) is 3.38. The Morgan fingerprint density at radius 2 is 1.93 bits per heavy atom. The Morgan fingerprint density at radius 3 is 2.57 bits per heavy atom. The Morgan fingerprint density at radius 1 is 1.23 bits per heavy atom. The maximum absolute atomic E-state index is 13.1. The highest BCUT2D eigenvalue weighted by Gasteiger charge is 2.60. The highest BCUT2D eigenvalue weighted by atomic mass is 32.2. The maximum Gasteiger partial charge on any atom is 0.326 e. The molecule has 4 atom stereocenters. The van der Waals surface area contributed by atoms with Crippen LogP contribution in [0, 0.1) is 0 Å². The molecule has 3 N–H and O–H groups in total. The second-order valence-corrected chi connectivity index (χ2v) is 9.97. The zero-order valence-electron chi connectivity index (χ0n) is 17.0. The van der Waals surface area contributed by atoms with Gasteiger partial charge in [-0.3, -0.25) is 9.59 Å². The normalized spacial score (nSPS) is 27.8. The molecule has 1 aromatic carbocycles. The van der Waals surface area contributed by atoms with Gasteiger partial charge in [0.05, 0.1) is 0 Å². The van der Waals surface area contributed by atoms with Crippen LogP contribution in [0.3, 0.4) is 0 Å². The van der Waals surface area contributed by atoms with Crippen molar-refractivity contribution >= 4 is 35.6 Å². The molecule has 0 radical (unpaired) electrons. The van der Waals surface area contributed by atoms with E-state index in [1.54, 1.807) is 47.0 Å². The van der Waals surface area contributed by atoms with Gasteiger partial charge in [-0.25, -0.2) is 14.5 Å². The number of carbonyl (C=O) groups is 4. The summed E-state index contributed by atoms with van der Waals surface area (Å²) in [7, 11) is 0. The number of thioether (sulfide) groups is 1. The first-order chi connectivity index (χ1) is 14.2. The first-order valence-corrected chi connectivity index (χ1v) is 10.8. The summed E-state index contributed by atoms with van der Waals surface area (Å²) in [6.45, 7) is 6.78. The Balaban J connectivity index is 1.50. The van der Waals surface area contributed by atoms with Crippen molar-refractivity contribution in [3.05, 3.63) is 35.9 Å². The number of hydrogen-bond donors (Lipinski definition) is 3. The summed E-state index contributed by atoms with van der Waals surface area (Å²) in [6.07, 6.45) is 0. The standard InChI is InChI=1S/C20H25N5O4S/c1-11-20(2,3)30-17-14(16(27)25(11)17)22-15(26)13(12-7-5-4-6-8-12)23-19(29)24-10-9-21-18(24)28/h4-8,11,13-14,17H,9-10H2,1-3H3,(H,21,28)(H,22,26)(H,23,29)/t11-,13+,14+,17+/m0/s1. The number of fused-ring (bicyclic) bond motifs is 1. The number of imide groups is 1. The number of nitrogens with one attached hydrogen (secondary N) is 3. The van der Waals surface area contributed by atoms with Crippen LogP contribution in [-0.2, 0) is 9.59 Å². The number of benzene rings is 1. The molecule has 0 spiro atoms. The first-order valence-electron chi connectivity index (χ1n) is 9.92. The van der Waals surface area contributed by atoms with Crippen LogP contribution >= 0.6 is 11.8 Å². The predicted molar refractivity (Wildman–Crippen MR) is 112 cm³/mol. The van der Waals surface area contributed by atoms with Crippen molar-refractivity contribution in [1.29, 1.82) is 0 Å². The Labute approximate surface area is 178 Å². The minimum Gasteiger partial charge on any atom is -0.340 e. The lowest BCUT2D eigenvalue weighted by atomic mass is 9.97. The molecule has 3 aliphatic heterocycles. The Hall–Kier alpha value is -2.75. The monoisotopic (exact) mass is 431 g/mol. The molecule has 3 heterocycles. The number of hydrogen-bond acceptors (Lipinski definition) is 5. The average molecular weight is 432 g/mol. The Bertz CT molecular complexity index is 892. The van der Waals surface area contributed by atoms with Gasteiger partial charge in [-0.1, -0.05) is 30.3 Å². The van der Waals surface area contributed by atoms with E-state index in [0.717, 1.165) is 4.90 Å². The number of β-lactam (4-membered cyclic amide) rings is 1. The second kappa shape index (κ2) is 7.50. The molecule has 160 valence electrons. The van der Waals surface area contributed by atoms with Crippen LogP contribution in [0.1, 0.15) is 32.4 Å². The van der Waals surface area contributed by atoms with Crippen molar-refractivity contribution in [2.24, 2.45) is 0 Å². The number of nitrogens with zero attached hydrogens (tertiary/aromatic N) is 2. The molecule has 3 saturated heterocycles. The molecular weight excluding hydrogens is 406 g/mol. The van der Waals surface area contributed by atoms with Gasteiger partial charge in [-0.05, 0) is 26.3 Å². The van der Waals surface area contributed by atoms with E-state index in [-0.39, 0.29) is 28.6 Å². The molecule has 30 heavy (non-hydrogen) atoms. The minimum absolute atomic E-state index is 0.0754. The molecule has 4 rings (SSSR count). The van der Waals surface area contributed by atoms with Crippen molar-refractivity contribution < 1.29 is 19.2 Å². The molecule has 0 aliphatic carbocycles. The van der Waals surface area contributed by atoms with Gasteiger partial charge in [0, 0.05) is 23.9 Å². The van der Waals surface area contributed by atoms with Crippen LogP contribution in [0.4, 0.5) is 9.59 Å². The Kier molecular flexibility index (Phi) is 5.13. The van der Waals surface area contributed by atoms with E-state index < -0.39 is 30.1 Å². The van der Waals surface area contributed by atoms with Gasteiger partial charge in [0.15, 0.2) is 0 Å². The number of carbonyl (C=O) groups excluding carboxylic acids is 4. The lowest BCUT2D eigenvalue weighted by Crippen LogP contribution is -2.69. The van der Waals surface area contributed by atoms with E-state index in [9.17, 15) is 19.2 Å². The first kappa shape index (κ1) is 20.5. The summed E-state index contributed by atoms with van der Waals surface area (Å²) >= 11 is 1.66. The van der Waals surface area contributed by atoms with E-state index in [4.69, 9.17) is 0 Å². The number of amides is 6. The highest BCUT2D eigenvalue weighted by molar-refractivity contribution is 8.01. The van der Waals surface area contributed by atoms with Gasteiger partial charge in [0.2, 0.25) is 11.8 Å². The summed E-state index contributed by atoms with van der Waals surface area (Å²) < 4.78 is -0.101. The van der Waals surface area contributed by atoms with Gasteiger partial charge in [-0.15, -0.1) is 11.8 Å². The van der Waals surface area contributed by atoms with Crippen LogP contribution in [0.5, 0.6) is 0 Å². The lowest BCUT2D eigenvalue weighted by Gasteiger charge is -2.44. The van der Waals surface area contributed by atoms with Crippen molar-refractivity contribution in [2.75, 3.05) is 13.1 Å². The van der Waals surface area contributed by atoms with E-state index in [0.29, 0.717) is 12.1 Å². The molecule has 9 nitrogen and oxygen atoms in total. The van der Waals surface area contributed by atoms with Crippen molar-refractivity contribution in [3.63, 3.8) is 0 Å². The van der Waals surface area contributed by atoms with Crippen LogP contribution in [0.2, 0.25) is 0 Å². The van der Waals surface area contributed by atoms with E-state index >= 15 is 0 Å². The van der Waals surface area contributed by atoms with Crippen LogP contribution < -0.4 is 16.0 Å². The number of urea groups is 2. The third-order valence-electron chi connectivity index (χ3n) is 5.99. The SMILES string of the molecule is C[C@@H]1N2C(=O)[C@@H](NC(=O)[C@H](NC(=O)N3CCNC3=O)c3ccccc3)[C@H]2SC1(C)C. The molecule has 0 bridgehead atoms. The summed E-state index contributed by atoms with van der Waals surface area (Å²) in [5, 5.41) is 7.89. The molecule has 3 fully saturated rings. The smallest absolute Gasteiger partial charge is 0.326 e. The van der Waals surface area contributed by atoms with E-state index in [1.165, 1.54) is 0 Å². The van der Waals surface area contributed by atoms with Gasteiger partial charge in [-0.2, -0.15) is 0 Å². The van der Waals surface area contributed by atoms with Gasteiger partial charge in [0.25, 0.3) is 0 Å².